The monoisotopic (exact) mass is 224 g/mol. The first-order valence-corrected chi connectivity index (χ1v) is 7.04. The summed E-state index contributed by atoms with van der Waals surface area (Å²) in [6.45, 7) is 0. The molecule has 94 valence electrons. The maximum absolute atomic E-state index is 3.62. The van der Waals surface area contributed by atoms with E-state index in [1.54, 1.807) is 0 Å². The molecule has 2 aliphatic rings. The lowest BCUT2D eigenvalue weighted by molar-refractivity contribution is 0.0847. The van der Waals surface area contributed by atoms with Crippen LogP contribution in [0.4, 0.5) is 0 Å². The van der Waals surface area contributed by atoms with Gasteiger partial charge in [-0.2, -0.15) is 0 Å². The Morgan fingerprint density at radius 3 is 2.19 bits per heavy atom. The number of hydrogen-bond acceptors (Lipinski definition) is 2. The minimum Gasteiger partial charge on any atom is -0.315 e. The molecule has 0 radical (unpaired) electrons. The van der Waals surface area contributed by atoms with Gasteiger partial charge in [0.2, 0.25) is 0 Å². The molecule has 0 heterocycles. The second kappa shape index (κ2) is 5.05. The van der Waals surface area contributed by atoms with Crippen LogP contribution in [0.2, 0.25) is 0 Å². The van der Waals surface area contributed by atoms with E-state index in [-0.39, 0.29) is 0 Å². The molecule has 0 aliphatic heterocycles. The molecule has 0 amide bonds. The molecule has 2 nitrogen and oxygen atoms in total. The molecule has 2 fully saturated rings. The van der Waals surface area contributed by atoms with Crippen LogP contribution in [0.1, 0.15) is 51.4 Å². The quantitative estimate of drug-likeness (QED) is 0.772. The van der Waals surface area contributed by atoms with Crippen LogP contribution in [-0.2, 0) is 0 Å². The number of rotatable bonds is 5. The first-order valence-electron chi connectivity index (χ1n) is 7.04. The minimum atomic E-state index is 0.449. The zero-order valence-corrected chi connectivity index (χ0v) is 11.3. The molecular weight excluding hydrogens is 196 g/mol. The Balaban J connectivity index is 2.03. The van der Waals surface area contributed by atoms with Gasteiger partial charge in [-0.3, -0.25) is 0 Å². The van der Waals surface area contributed by atoms with Gasteiger partial charge >= 0.3 is 0 Å². The van der Waals surface area contributed by atoms with Gasteiger partial charge in [0.15, 0.2) is 0 Å². The number of hydrogen-bond donors (Lipinski definition) is 1. The summed E-state index contributed by atoms with van der Waals surface area (Å²) >= 11 is 0. The van der Waals surface area contributed by atoms with Crippen molar-refractivity contribution in [2.24, 2.45) is 5.92 Å². The minimum absolute atomic E-state index is 0.449. The van der Waals surface area contributed by atoms with Crippen LogP contribution in [0.3, 0.4) is 0 Å². The Kier molecular flexibility index (Phi) is 3.91. The van der Waals surface area contributed by atoms with Crippen molar-refractivity contribution < 1.29 is 0 Å². The lowest BCUT2D eigenvalue weighted by Crippen LogP contribution is -2.57. The van der Waals surface area contributed by atoms with E-state index in [2.05, 4.69) is 31.4 Å². The van der Waals surface area contributed by atoms with E-state index in [0.717, 1.165) is 5.92 Å². The largest absolute Gasteiger partial charge is 0.315 e. The lowest BCUT2D eigenvalue weighted by atomic mass is 9.75. The Morgan fingerprint density at radius 2 is 1.81 bits per heavy atom. The molecule has 2 saturated carbocycles. The Labute approximate surface area is 101 Å². The Morgan fingerprint density at radius 1 is 1.19 bits per heavy atom. The fourth-order valence-electron chi connectivity index (χ4n) is 3.76. The van der Waals surface area contributed by atoms with Gasteiger partial charge in [0.1, 0.15) is 0 Å². The molecule has 2 heteroatoms. The van der Waals surface area contributed by atoms with Crippen molar-refractivity contribution in [1.82, 2.24) is 10.2 Å². The van der Waals surface area contributed by atoms with E-state index >= 15 is 0 Å². The summed E-state index contributed by atoms with van der Waals surface area (Å²) in [6.07, 6.45) is 11.4. The summed E-state index contributed by atoms with van der Waals surface area (Å²) in [7, 11) is 6.71. The summed E-state index contributed by atoms with van der Waals surface area (Å²) < 4.78 is 0. The van der Waals surface area contributed by atoms with Crippen molar-refractivity contribution in [3.05, 3.63) is 0 Å². The number of nitrogens with one attached hydrogen (secondary N) is 1. The highest BCUT2D eigenvalue weighted by Crippen LogP contribution is 2.41. The molecular formula is C14H28N2. The zero-order valence-electron chi connectivity index (χ0n) is 11.3. The molecule has 16 heavy (non-hydrogen) atoms. The summed E-state index contributed by atoms with van der Waals surface area (Å²) in [5.74, 6) is 1.01. The van der Waals surface area contributed by atoms with Crippen molar-refractivity contribution in [2.45, 2.75) is 62.9 Å². The third-order valence-electron chi connectivity index (χ3n) is 5.15. The van der Waals surface area contributed by atoms with Crippen molar-refractivity contribution in [2.75, 3.05) is 21.1 Å². The Hall–Kier alpha value is -0.0800. The average Bonchev–Trinajstić information content (AvgIpc) is 2.66. The van der Waals surface area contributed by atoms with Crippen LogP contribution in [-0.4, -0.2) is 37.6 Å². The fraction of sp³-hybridized carbons (Fsp3) is 1.00. The van der Waals surface area contributed by atoms with Crippen LogP contribution in [0.25, 0.3) is 0 Å². The molecule has 1 unspecified atom stereocenters. The van der Waals surface area contributed by atoms with Gasteiger partial charge in [0.25, 0.3) is 0 Å². The molecule has 0 spiro atoms. The molecule has 1 N–H and O–H groups in total. The smallest absolute Gasteiger partial charge is 0.0356 e. The predicted molar refractivity (Wildman–Crippen MR) is 69.7 cm³/mol. The first-order chi connectivity index (χ1) is 7.69. The van der Waals surface area contributed by atoms with E-state index in [0.29, 0.717) is 11.6 Å². The molecule has 0 aromatic rings. The lowest BCUT2D eigenvalue weighted by Gasteiger charge is -2.45. The first kappa shape index (κ1) is 12.4. The predicted octanol–water partition coefficient (Wildman–Crippen LogP) is 2.64. The SMILES string of the molecule is CNC(CC1CCC1)C1(N(C)C)CCCC1. The van der Waals surface area contributed by atoms with E-state index < -0.39 is 0 Å². The number of likely N-dealkylation sites (N-methyl/N-ethyl adjacent to an activating group) is 2. The Bertz CT molecular complexity index is 215. The summed E-state index contributed by atoms with van der Waals surface area (Å²) in [6, 6.07) is 0.704. The number of nitrogens with zero attached hydrogens (tertiary/aromatic N) is 1. The molecule has 2 aliphatic carbocycles. The molecule has 2 rings (SSSR count). The summed E-state index contributed by atoms with van der Waals surface area (Å²) in [4.78, 5) is 2.50. The van der Waals surface area contributed by atoms with Gasteiger partial charge in [-0.1, -0.05) is 32.1 Å². The van der Waals surface area contributed by atoms with Crippen molar-refractivity contribution >= 4 is 0 Å². The third-order valence-corrected chi connectivity index (χ3v) is 5.15. The second-order valence-corrected chi connectivity index (χ2v) is 6.08. The van der Waals surface area contributed by atoms with Crippen molar-refractivity contribution in [3.8, 4) is 0 Å². The molecule has 1 atom stereocenters. The highest BCUT2D eigenvalue weighted by atomic mass is 15.2. The molecule has 0 bridgehead atoms. The van der Waals surface area contributed by atoms with Gasteiger partial charge in [-0.25, -0.2) is 0 Å². The maximum Gasteiger partial charge on any atom is 0.0356 e. The van der Waals surface area contributed by atoms with Crippen LogP contribution in [0.15, 0.2) is 0 Å². The van der Waals surface area contributed by atoms with Gasteiger partial charge in [0, 0.05) is 11.6 Å². The van der Waals surface area contributed by atoms with Crippen LogP contribution < -0.4 is 5.32 Å². The topological polar surface area (TPSA) is 15.3 Å². The van der Waals surface area contributed by atoms with Gasteiger partial charge in [-0.15, -0.1) is 0 Å². The standard InChI is InChI=1S/C14H28N2/c1-15-13(11-12-7-6-8-12)14(16(2)3)9-4-5-10-14/h12-13,15H,4-11H2,1-3H3. The zero-order chi connectivity index (χ0) is 11.6. The normalized spacial score (nSPS) is 27.0. The summed E-state index contributed by atoms with van der Waals surface area (Å²) in [5, 5.41) is 3.62. The second-order valence-electron chi connectivity index (χ2n) is 6.08. The summed E-state index contributed by atoms with van der Waals surface area (Å²) in [5.41, 5.74) is 0.449. The van der Waals surface area contributed by atoms with Crippen LogP contribution in [0, 0.1) is 5.92 Å². The van der Waals surface area contributed by atoms with Gasteiger partial charge in [0.05, 0.1) is 0 Å². The van der Waals surface area contributed by atoms with E-state index in [9.17, 15) is 0 Å². The highest BCUT2D eigenvalue weighted by Gasteiger charge is 2.43. The fourth-order valence-corrected chi connectivity index (χ4v) is 3.76. The van der Waals surface area contributed by atoms with E-state index in [1.165, 1.54) is 51.4 Å². The highest BCUT2D eigenvalue weighted by molar-refractivity contribution is 5.02. The van der Waals surface area contributed by atoms with Gasteiger partial charge in [-0.05, 0) is 46.3 Å². The molecule has 0 aromatic carbocycles. The van der Waals surface area contributed by atoms with Crippen LogP contribution in [0.5, 0.6) is 0 Å². The van der Waals surface area contributed by atoms with E-state index in [4.69, 9.17) is 0 Å². The van der Waals surface area contributed by atoms with Crippen molar-refractivity contribution in [1.29, 1.82) is 0 Å². The third kappa shape index (κ3) is 2.14. The van der Waals surface area contributed by atoms with Crippen LogP contribution >= 0.6 is 0 Å². The molecule has 0 aromatic heterocycles. The molecule has 0 saturated heterocycles. The maximum atomic E-state index is 3.62. The van der Waals surface area contributed by atoms with Gasteiger partial charge < -0.3 is 10.2 Å². The average molecular weight is 224 g/mol. The van der Waals surface area contributed by atoms with Crippen molar-refractivity contribution in [3.63, 3.8) is 0 Å². The van der Waals surface area contributed by atoms with E-state index in [1.807, 2.05) is 0 Å².